The molecule has 0 fully saturated rings. The summed E-state index contributed by atoms with van der Waals surface area (Å²) in [4.78, 5) is 18.1. The van der Waals surface area contributed by atoms with Crippen LogP contribution in [0.4, 0.5) is 0 Å². The molecule has 0 saturated carbocycles. The second kappa shape index (κ2) is 15.3. The summed E-state index contributed by atoms with van der Waals surface area (Å²) in [5.74, 6) is 0.918. The zero-order valence-corrected chi connectivity index (χ0v) is 24.0. The van der Waals surface area contributed by atoms with Crippen LogP contribution in [-0.2, 0) is 19.6 Å². The Morgan fingerprint density at radius 1 is 0.737 bits per heavy atom. The van der Waals surface area contributed by atoms with Crippen LogP contribution >= 0.6 is 0 Å². The van der Waals surface area contributed by atoms with Gasteiger partial charge in [0.2, 0.25) is 0 Å². The lowest BCUT2D eigenvalue weighted by molar-refractivity contribution is 0.0693. The maximum atomic E-state index is 13.7. The summed E-state index contributed by atoms with van der Waals surface area (Å²) < 4.78 is 5.96. The zero-order chi connectivity index (χ0) is 27.3. The van der Waals surface area contributed by atoms with Crippen molar-refractivity contribution >= 4 is 5.91 Å². The van der Waals surface area contributed by atoms with Crippen molar-refractivity contribution in [2.45, 2.75) is 85.5 Å². The maximum absolute atomic E-state index is 13.7. The third-order valence-corrected chi connectivity index (χ3v) is 7.06. The minimum absolute atomic E-state index is 0.0852. The van der Waals surface area contributed by atoms with E-state index >= 15 is 0 Å². The van der Waals surface area contributed by atoms with Gasteiger partial charge in [0, 0.05) is 37.3 Å². The van der Waals surface area contributed by atoms with Crippen LogP contribution in [0.25, 0.3) is 0 Å². The van der Waals surface area contributed by atoms with Crippen molar-refractivity contribution in [3.8, 4) is 5.75 Å². The van der Waals surface area contributed by atoms with Crippen molar-refractivity contribution in [2.75, 3.05) is 13.1 Å². The molecule has 0 atom stereocenters. The molecule has 4 heteroatoms. The molecule has 0 saturated heterocycles. The number of unbranched alkanes of at least 4 members (excludes halogenated alkanes) is 2. The van der Waals surface area contributed by atoms with Gasteiger partial charge in [-0.05, 0) is 81.5 Å². The van der Waals surface area contributed by atoms with Crippen molar-refractivity contribution in [1.29, 1.82) is 0 Å². The first-order chi connectivity index (χ1) is 18.4. The lowest BCUT2D eigenvalue weighted by atomic mass is 10.0. The Morgan fingerprint density at radius 3 is 1.97 bits per heavy atom. The molecule has 1 amide bonds. The van der Waals surface area contributed by atoms with Gasteiger partial charge in [0.05, 0.1) is 0 Å². The van der Waals surface area contributed by atoms with Crippen molar-refractivity contribution in [1.82, 2.24) is 9.80 Å². The number of aryl methyl sites for hydroxylation is 1. The summed E-state index contributed by atoms with van der Waals surface area (Å²) in [6, 6.07) is 27.4. The number of amides is 1. The normalized spacial score (nSPS) is 11.4. The van der Waals surface area contributed by atoms with E-state index in [-0.39, 0.29) is 5.91 Å². The third kappa shape index (κ3) is 9.33. The van der Waals surface area contributed by atoms with Crippen LogP contribution in [0.3, 0.4) is 0 Å². The molecule has 0 aliphatic heterocycles. The topological polar surface area (TPSA) is 32.8 Å². The molecule has 0 heterocycles. The van der Waals surface area contributed by atoms with E-state index in [9.17, 15) is 4.79 Å². The van der Waals surface area contributed by atoms with Gasteiger partial charge in [-0.25, -0.2) is 0 Å². The molecule has 4 nitrogen and oxygen atoms in total. The molecule has 3 rings (SSSR count). The zero-order valence-electron chi connectivity index (χ0n) is 24.0. The van der Waals surface area contributed by atoms with E-state index < -0.39 is 0 Å². The Morgan fingerprint density at radius 2 is 1.37 bits per heavy atom. The number of rotatable bonds is 15. The Hall–Kier alpha value is -3.11. The average Bonchev–Trinajstić information content (AvgIpc) is 2.92. The van der Waals surface area contributed by atoms with Crippen molar-refractivity contribution in [2.24, 2.45) is 0 Å². The summed E-state index contributed by atoms with van der Waals surface area (Å²) in [5, 5.41) is 0. The molecule has 0 aliphatic carbocycles. The standard InChI is InChI=1S/C34H46N2O2/c1-6-7-9-12-29-15-19-32(20-16-29)34(37)35(23-24-36(27(2)3)28(4)5)25-30-17-21-33(22-18-30)38-26-31-13-10-8-11-14-31/h8,10-11,13-22,27-28H,6-7,9,12,23-26H2,1-5H3. The second-order valence-corrected chi connectivity index (χ2v) is 10.7. The van der Waals surface area contributed by atoms with E-state index in [2.05, 4.69) is 75.9 Å². The van der Waals surface area contributed by atoms with E-state index in [0.717, 1.165) is 35.4 Å². The molecule has 0 aliphatic rings. The Kier molecular flexibility index (Phi) is 11.9. The molecule has 38 heavy (non-hydrogen) atoms. The number of hydrogen-bond donors (Lipinski definition) is 0. The first-order valence-electron chi connectivity index (χ1n) is 14.3. The summed E-state index contributed by atoms with van der Waals surface area (Å²) in [5.41, 5.74) is 4.30. The first kappa shape index (κ1) is 29.4. The molecule has 0 N–H and O–H groups in total. The number of carbonyl (C=O) groups is 1. The number of carbonyl (C=O) groups excluding carboxylic acids is 1. The molecule has 0 aromatic heterocycles. The van der Waals surface area contributed by atoms with Gasteiger partial charge in [-0.2, -0.15) is 0 Å². The van der Waals surface area contributed by atoms with E-state index in [0.29, 0.717) is 31.8 Å². The molecule has 0 spiro atoms. The molecule has 0 unspecified atom stereocenters. The van der Waals surface area contributed by atoms with E-state index in [1.807, 2.05) is 47.4 Å². The van der Waals surface area contributed by atoms with Crippen LogP contribution in [-0.4, -0.2) is 40.9 Å². The van der Waals surface area contributed by atoms with Gasteiger partial charge in [-0.3, -0.25) is 9.69 Å². The summed E-state index contributed by atoms with van der Waals surface area (Å²) in [7, 11) is 0. The lowest BCUT2D eigenvalue weighted by Crippen LogP contribution is -2.44. The Labute approximate surface area is 230 Å². The summed E-state index contributed by atoms with van der Waals surface area (Å²) in [6.45, 7) is 13.7. The summed E-state index contributed by atoms with van der Waals surface area (Å²) in [6.07, 6.45) is 4.73. The monoisotopic (exact) mass is 514 g/mol. The average molecular weight is 515 g/mol. The molecule has 3 aromatic carbocycles. The van der Waals surface area contributed by atoms with Gasteiger partial charge >= 0.3 is 0 Å². The highest BCUT2D eigenvalue weighted by Crippen LogP contribution is 2.18. The minimum atomic E-state index is 0.0852. The largest absolute Gasteiger partial charge is 0.489 e. The SMILES string of the molecule is CCCCCc1ccc(C(=O)N(CCN(C(C)C)C(C)C)Cc2ccc(OCc3ccccc3)cc2)cc1. The predicted molar refractivity (Wildman–Crippen MR) is 159 cm³/mol. The lowest BCUT2D eigenvalue weighted by Gasteiger charge is -2.33. The predicted octanol–water partition coefficient (Wildman–Crippen LogP) is 7.76. The van der Waals surface area contributed by atoms with Gasteiger partial charge in [0.15, 0.2) is 0 Å². The van der Waals surface area contributed by atoms with Crippen LogP contribution in [0.1, 0.15) is 80.9 Å². The van der Waals surface area contributed by atoms with E-state index in [4.69, 9.17) is 4.74 Å². The molecular weight excluding hydrogens is 468 g/mol. The van der Waals surface area contributed by atoms with Crippen molar-refractivity contribution < 1.29 is 9.53 Å². The van der Waals surface area contributed by atoms with Gasteiger partial charge in [0.1, 0.15) is 12.4 Å². The number of ether oxygens (including phenoxy) is 1. The van der Waals surface area contributed by atoms with E-state index in [1.54, 1.807) is 0 Å². The summed E-state index contributed by atoms with van der Waals surface area (Å²) >= 11 is 0. The number of benzene rings is 3. The molecule has 0 bridgehead atoms. The number of hydrogen-bond acceptors (Lipinski definition) is 3. The second-order valence-electron chi connectivity index (χ2n) is 10.7. The van der Waals surface area contributed by atoms with Crippen LogP contribution in [0.2, 0.25) is 0 Å². The maximum Gasteiger partial charge on any atom is 0.254 e. The Balaban J connectivity index is 1.70. The highest BCUT2D eigenvalue weighted by atomic mass is 16.5. The van der Waals surface area contributed by atoms with Crippen molar-refractivity contribution in [3.63, 3.8) is 0 Å². The van der Waals surface area contributed by atoms with E-state index in [1.165, 1.54) is 24.8 Å². The Bertz CT molecular complexity index is 1070. The molecular formula is C34H46N2O2. The third-order valence-electron chi connectivity index (χ3n) is 7.06. The minimum Gasteiger partial charge on any atom is -0.489 e. The fraction of sp³-hybridized carbons (Fsp3) is 0.441. The van der Waals surface area contributed by atoms with Crippen LogP contribution < -0.4 is 4.74 Å². The highest BCUT2D eigenvalue weighted by Gasteiger charge is 2.20. The van der Waals surface area contributed by atoms with Gasteiger partial charge in [-0.15, -0.1) is 0 Å². The molecule has 0 radical (unpaired) electrons. The smallest absolute Gasteiger partial charge is 0.254 e. The molecule has 204 valence electrons. The quantitative estimate of drug-likeness (QED) is 0.194. The van der Waals surface area contributed by atoms with Crippen molar-refractivity contribution in [3.05, 3.63) is 101 Å². The van der Waals surface area contributed by atoms with Crippen LogP contribution in [0.15, 0.2) is 78.9 Å². The van der Waals surface area contributed by atoms with Gasteiger partial charge in [0.25, 0.3) is 5.91 Å². The number of nitrogens with zero attached hydrogens (tertiary/aromatic N) is 2. The fourth-order valence-corrected chi connectivity index (χ4v) is 4.83. The van der Waals surface area contributed by atoms with Crippen LogP contribution in [0.5, 0.6) is 5.75 Å². The van der Waals surface area contributed by atoms with Gasteiger partial charge < -0.3 is 9.64 Å². The first-order valence-corrected chi connectivity index (χ1v) is 14.3. The highest BCUT2D eigenvalue weighted by molar-refractivity contribution is 5.94. The van der Waals surface area contributed by atoms with Crippen LogP contribution in [0, 0.1) is 0 Å². The molecule has 3 aromatic rings. The fourth-order valence-electron chi connectivity index (χ4n) is 4.83. The van der Waals surface area contributed by atoms with Gasteiger partial charge in [-0.1, -0.05) is 74.4 Å².